The fourth-order valence-corrected chi connectivity index (χ4v) is 2.25. The van der Waals surface area contributed by atoms with Crippen molar-refractivity contribution < 1.29 is 9.53 Å². The van der Waals surface area contributed by atoms with E-state index in [1.54, 1.807) is 0 Å². The highest BCUT2D eigenvalue weighted by Crippen LogP contribution is 2.53. The summed E-state index contributed by atoms with van der Waals surface area (Å²) in [5.41, 5.74) is 1.41. The van der Waals surface area contributed by atoms with Crippen molar-refractivity contribution in [3.63, 3.8) is 0 Å². The molecule has 1 fully saturated rings. The Labute approximate surface area is 86.3 Å². The number of allylic oxidation sites excluding steroid dienone is 1. The van der Waals surface area contributed by atoms with Crippen LogP contribution in [0.5, 0.6) is 0 Å². The third-order valence-corrected chi connectivity index (χ3v) is 3.63. The predicted molar refractivity (Wildman–Crippen MR) is 56.8 cm³/mol. The van der Waals surface area contributed by atoms with Crippen molar-refractivity contribution in [1.29, 1.82) is 0 Å². The molecule has 0 spiro atoms. The number of esters is 1. The van der Waals surface area contributed by atoms with Crippen molar-refractivity contribution in [1.82, 2.24) is 0 Å². The van der Waals surface area contributed by atoms with E-state index in [-0.39, 0.29) is 11.4 Å². The molecule has 1 rings (SSSR count). The van der Waals surface area contributed by atoms with Gasteiger partial charge in [-0.15, -0.1) is 0 Å². The molecular formula is C12H20O2. The first-order valence-corrected chi connectivity index (χ1v) is 5.15. The molecule has 1 saturated carbocycles. The number of rotatable bonds is 3. The lowest BCUT2D eigenvalue weighted by Gasteiger charge is -2.52. The maximum atomic E-state index is 10.7. The number of hydrogen-bond acceptors (Lipinski definition) is 2. The molecule has 0 aromatic carbocycles. The SMILES string of the molecule is C=C(C)C1CC(C)(COC(C)=O)C1C. The molecule has 14 heavy (non-hydrogen) atoms. The molecule has 0 aromatic heterocycles. The summed E-state index contributed by atoms with van der Waals surface area (Å²) in [6.45, 7) is 12.5. The fraction of sp³-hybridized carbons (Fsp3) is 0.750. The summed E-state index contributed by atoms with van der Waals surface area (Å²) >= 11 is 0. The molecule has 0 aliphatic heterocycles. The molecule has 0 amide bonds. The zero-order chi connectivity index (χ0) is 10.9. The molecule has 0 saturated heterocycles. The fourth-order valence-electron chi connectivity index (χ4n) is 2.25. The summed E-state index contributed by atoms with van der Waals surface area (Å²) in [4.78, 5) is 10.7. The van der Waals surface area contributed by atoms with E-state index < -0.39 is 0 Å². The second kappa shape index (κ2) is 3.76. The molecule has 0 heterocycles. The Bertz CT molecular complexity index is 253. The first-order chi connectivity index (χ1) is 6.37. The van der Waals surface area contributed by atoms with Crippen molar-refractivity contribution in [3.8, 4) is 0 Å². The van der Waals surface area contributed by atoms with Crippen LogP contribution in [0.4, 0.5) is 0 Å². The minimum Gasteiger partial charge on any atom is -0.465 e. The lowest BCUT2D eigenvalue weighted by atomic mass is 9.54. The van der Waals surface area contributed by atoms with Crippen LogP contribution < -0.4 is 0 Å². The lowest BCUT2D eigenvalue weighted by molar-refractivity contribution is -0.151. The minimum atomic E-state index is -0.183. The standard InChI is InChI=1S/C12H20O2/c1-8(2)11-6-12(5,9(11)3)7-14-10(4)13/h9,11H,1,6-7H2,2-5H3. The number of hydrogen-bond donors (Lipinski definition) is 0. The van der Waals surface area contributed by atoms with E-state index in [4.69, 9.17) is 4.74 Å². The highest BCUT2D eigenvalue weighted by Gasteiger charge is 2.48. The van der Waals surface area contributed by atoms with Gasteiger partial charge in [0.15, 0.2) is 0 Å². The maximum absolute atomic E-state index is 10.7. The van der Waals surface area contributed by atoms with Crippen molar-refractivity contribution >= 4 is 5.97 Å². The molecule has 1 aliphatic carbocycles. The van der Waals surface area contributed by atoms with Gasteiger partial charge in [0.25, 0.3) is 0 Å². The van der Waals surface area contributed by atoms with Gasteiger partial charge in [0.05, 0.1) is 6.61 Å². The molecule has 2 nitrogen and oxygen atoms in total. The molecule has 3 unspecified atom stereocenters. The Kier molecular flexibility index (Phi) is 3.03. The molecule has 80 valence electrons. The molecule has 0 aromatic rings. The van der Waals surface area contributed by atoms with Gasteiger partial charge < -0.3 is 4.74 Å². The van der Waals surface area contributed by atoms with Crippen molar-refractivity contribution in [2.45, 2.75) is 34.1 Å². The summed E-state index contributed by atoms with van der Waals surface area (Å²) in [6.07, 6.45) is 1.09. The van der Waals surface area contributed by atoms with Crippen LogP contribution >= 0.6 is 0 Å². The smallest absolute Gasteiger partial charge is 0.302 e. The van der Waals surface area contributed by atoms with Crippen molar-refractivity contribution in [2.24, 2.45) is 17.3 Å². The van der Waals surface area contributed by atoms with E-state index >= 15 is 0 Å². The number of carbonyl (C=O) groups excluding carboxylic acids is 1. The molecule has 0 radical (unpaired) electrons. The van der Waals surface area contributed by atoms with Crippen LogP contribution in [0.2, 0.25) is 0 Å². The van der Waals surface area contributed by atoms with Gasteiger partial charge in [-0.2, -0.15) is 0 Å². The van der Waals surface area contributed by atoms with Gasteiger partial charge >= 0.3 is 5.97 Å². The van der Waals surface area contributed by atoms with Crippen molar-refractivity contribution in [3.05, 3.63) is 12.2 Å². The Morgan fingerprint density at radius 2 is 2.14 bits per heavy atom. The molecule has 3 atom stereocenters. The molecular weight excluding hydrogens is 176 g/mol. The summed E-state index contributed by atoms with van der Waals surface area (Å²) in [7, 11) is 0. The van der Waals surface area contributed by atoms with E-state index in [2.05, 4.69) is 27.4 Å². The quantitative estimate of drug-likeness (QED) is 0.512. The van der Waals surface area contributed by atoms with Gasteiger partial charge in [-0.05, 0) is 25.2 Å². The van der Waals surface area contributed by atoms with Crippen LogP contribution in [0, 0.1) is 17.3 Å². The van der Waals surface area contributed by atoms with Gasteiger partial charge in [0.1, 0.15) is 0 Å². The van der Waals surface area contributed by atoms with E-state index in [0.717, 1.165) is 6.42 Å². The third-order valence-electron chi connectivity index (χ3n) is 3.63. The van der Waals surface area contributed by atoms with Gasteiger partial charge in [-0.25, -0.2) is 0 Å². The Morgan fingerprint density at radius 3 is 2.50 bits per heavy atom. The molecule has 0 N–H and O–H groups in total. The predicted octanol–water partition coefficient (Wildman–Crippen LogP) is 2.79. The maximum Gasteiger partial charge on any atom is 0.302 e. The monoisotopic (exact) mass is 196 g/mol. The van der Waals surface area contributed by atoms with Gasteiger partial charge in [-0.3, -0.25) is 4.79 Å². The average Bonchev–Trinajstić information content (AvgIpc) is 2.09. The largest absolute Gasteiger partial charge is 0.465 e. The summed E-state index contributed by atoms with van der Waals surface area (Å²) in [6, 6.07) is 0. The van der Waals surface area contributed by atoms with Crippen LogP contribution in [-0.4, -0.2) is 12.6 Å². The molecule has 2 heteroatoms. The molecule has 0 bridgehead atoms. The zero-order valence-electron chi connectivity index (χ0n) is 9.59. The van der Waals surface area contributed by atoms with E-state index in [0.29, 0.717) is 18.4 Å². The zero-order valence-corrected chi connectivity index (χ0v) is 9.59. The van der Waals surface area contributed by atoms with Crippen LogP contribution in [-0.2, 0) is 9.53 Å². The van der Waals surface area contributed by atoms with Gasteiger partial charge in [0, 0.05) is 12.3 Å². The van der Waals surface area contributed by atoms with Crippen molar-refractivity contribution in [2.75, 3.05) is 6.61 Å². The first kappa shape index (κ1) is 11.3. The Morgan fingerprint density at radius 1 is 1.57 bits per heavy atom. The topological polar surface area (TPSA) is 26.3 Å². The third kappa shape index (κ3) is 1.99. The average molecular weight is 196 g/mol. The van der Waals surface area contributed by atoms with E-state index in [1.165, 1.54) is 12.5 Å². The van der Waals surface area contributed by atoms with E-state index in [9.17, 15) is 4.79 Å². The van der Waals surface area contributed by atoms with Crippen LogP contribution in [0.15, 0.2) is 12.2 Å². The summed E-state index contributed by atoms with van der Waals surface area (Å²) < 4.78 is 5.08. The summed E-state index contributed by atoms with van der Waals surface area (Å²) in [5.74, 6) is 0.993. The second-order valence-electron chi connectivity index (χ2n) is 4.88. The first-order valence-electron chi connectivity index (χ1n) is 5.15. The highest BCUT2D eigenvalue weighted by molar-refractivity contribution is 5.65. The Balaban J connectivity index is 2.47. The van der Waals surface area contributed by atoms with Crippen LogP contribution in [0.3, 0.4) is 0 Å². The van der Waals surface area contributed by atoms with E-state index in [1.807, 2.05) is 0 Å². The normalized spacial score (nSPS) is 36.0. The van der Waals surface area contributed by atoms with Gasteiger partial charge in [0.2, 0.25) is 0 Å². The van der Waals surface area contributed by atoms with Gasteiger partial charge in [-0.1, -0.05) is 26.0 Å². The minimum absolute atomic E-state index is 0.162. The van der Waals surface area contributed by atoms with Crippen LogP contribution in [0.25, 0.3) is 0 Å². The molecule has 1 aliphatic rings. The highest BCUT2D eigenvalue weighted by atomic mass is 16.5. The number of carbonyl (C=O) groups is 1. The Hall–Kier alpha value is -0.790. The lowest BCUT2D eigenvalue weighted by Crippen LogP contribution is -2.47. The van der Waals surface area contributed by atoms with Crippen LogP contribution in [0.1, 0.15) is 34.1 Å². The second-order valence-corrected chi connectivity index (χ2v) is 4.88. The number of ether oxygens (including phenoxy) is 1. The summed E-state index contributed by atoms with van der Waals surface area (Å²) in [5, 5.41) is 0.